The van der Waals surface area contributed by atoms with Crippen molar-refractivity contribution in [3.63, 3.8) is 0 Å². The van der Waals surface area contributed by atoms with Gasteiger partial charge in [-0.05, 0) is 71.3 Å². The van der Waals surface area contributed by atoms with Crippen LogP contribution in [0.4, 0.5) is 15.8 Å². The summed E-state index contributed by atoms with van der Waals surface area (Å²) >= 11 is 0. The maximum atomic E-state index is 13.6. The molecule has 0 saturated heterocycles. The number of hydrogen-bond donors (Lipinski definition) is 3. The molecule has 0 radical (unpaired) electrons. The Morgan fingerprint density at radius 3 is 2.28 bits per heavy atom. The molecule has 6 nitrogen and oxygen atoms in total. The number of nitrogens with one attached hydrogen (secondary N) is 2. The third kappa shape index (κ3) is 5.99. The highest BCUT2D eigenvalue weighted by Gasteiger charge is 2.14. The minimum atomic E-state index is -0.382. The van der Waals surface area contributed by atoms with E-state index in [0.29, 0.717) is 28.1 Å². The number of carbonyl (C=O) groups is 2. The molecule has 5 rings (SSSR count). The van der Waals surface area contributed by atoms with Crippen molar-refractivity contribution in [2.75, 3.05) is 11.1 Å². The van der Waals surface area contributed by atoms with E-state index in [1.54, 1.807) is 72.9 Å². The summed E-state index contributed by atoms with van der Waals surface area (Å²) in [7, 11) is 0. The number of rotatable bonds is 7. The molecule has 192 valence electrons. The van der Waals surface area contributed by atoms with Crippen LogP contribution in [0.2, 0.25) is 0 Å². The Bertz CT molecular complexity index is 1670. The predicted molar refractivity (Wildman–Crippen MR) is 153 cm³/mol. The van der Waals surface area contributed by atoms with E-state index in [0.717, 1.165) is 22.0 Å². The lowest BCUT2D eigenvalue weighted by Gasteiger charge is -2.12. The first kappa shape index (κ1) is 25.4. The lowest BCUT2D eigenvalue weighted by molar-refractivity contribution is -0.115. The maximum absolute atomic E-state index is 13.6. The molecule has 39 heavy (non-hydrogen) atoms. The van der Waals surface area contributed by atoms with Crippen molar-refractivity contribution < 1.29 is 14.0 Å². The van der Waals surface area contributed by atoms with Gasteiger partial charge >= 0.3 is 0 Å². The largest absolute Gasteiger partial charge is 0.397 e. The molecular weight excluding hydrogens is 491 g/mol. The summed E-state index contributed by atoms with van der Waals surface area (Å²) in [5, 5.41) is 6.64. The van der Waals surface area contributed by atoms with E-state index in [-0.39, 0.29) is 24.2 Å². The van der Waals surface area contributed by atoms with E-state index in [2.05, 4.69) is 15.6 Å². The van der Waals surface area contributed by atoms with Crippen LogP contribution in [0, 0.1) is 5.82 Å². The molecule has 0 unspecified atom stereocenters. The van der Waals surface area contributed by atoms with E-state index in [9.17, 15) is 14.0 Å². The van der Waals surface area contributed by atoms with Gasteiger partial charge in [-0.15, -0.1) is 0 Å². The summed E-state index contributed by atoms with van der Waals surface area (Å²) < 4.78 is 13.6. The van der Waals surface area contributed by atoms with Crippen molar-refractivity contribution in [2.24, 2.45) is 0 Å². The Kier molecular flexibility index (Phi) is 7.41. The van der Waals surface area contributed by atoms with Crippen LogP contribution >= 0.6 is 0 Å². The highest BCUT2D eigenvalue weighted by molar-refractivity contribution is 6.24. The second-order valence-corrected chi connectivity index (χ2v) is 8.90. The van der Waals surface area contributed by atoms with E-state index >= 15 is 0 Å². The van der Waals surface area contributed by atoms with Crippen LogP contribution in [0.15, 0.2) is 109 Å². The third-order valence-corrected chi connectivity index (χ3v) is 6.26. The smallest absolute Gasteiger partial charge is 0.255 e. The van der Waals surface area contributed by atoms with Crippen molar-refractivity contribution >= 4 is 45.7 Å². The monoisotopic (exact) mass is 516 g/mol. The van der Waals surface area contributed by atoms with E-state index in [1.165, 1.54) is 12.1 Å². The molecule has 0 spiro atoms. The number of benzene rings is 4. The van der Waals surface area contributed by atoms with Crippen LogP contribution in [0.1, 0.15) is 27.0 Å². The van der Waals surface area contributed by atoms with Crippen LogP contribution in [0.5, 0.6) is 0 Å². The molecule has 0 aliphatic heterocycles. The Morgan fingerprint density at radius 1 is 0.821 bits per heavy atom. The zero-order valence-corrected chi connectivity index (χ0v) is 20.9. The Morgan fingerprint density at radius 2 is 1.51 bits per heavy atom. The van der Waals surface area contributed by atoms with Gasteiger partial charge in [-0.25, -0.2) is 4.39 Å². The van der Waals surface area contributed by atoms with Crippen molar-refractivity contribution in [3.05, 3.63) is 137 Å². The molecule has 0 saturated carbocycles. The number of para-hydroxylation sites is 3. The summed E-state index contributed by atoms with van der Waals surface area (Å²) in [5.41, 5.74) is 10.8. The van der Waals surface area contributed by atoms with Crippen molar-refractivity contribution in [1.82, 2.24) is 10.3 Å². The Balaban J connectivity index is 1.34. The van der Waals surface area contributed by atoms with E-state index in [4.69, 9.17) is 5.73 Å². The van der Waals surface area contributed by atoms with Gasteiger partial charge in [0.2, 0.25) is 0 Å². The lowest BCUT2D eigenvalue weighted by atomic mass is 10.00. The number of halogens is 1. The number of hydrogen-bond acceptors (Lipinski definition) is 4. The molecule has 4 aromatic carbocycles. The first-order valence-corrected chi connectivity index (χ1v) is 12.3. The number of anilines is 2. The summed E-state index contributed by atoms with van der Waals surface area (Å²) in [4.78, 5) is 30.4. The van der Waals surface area contributed by atoms with Crippen molar-refractivity contribution in [3.8, 4) is 0 Å². The molecule has 1 aromatic heterocycles. The number of nitrogens with two attached hydrogens (primary N) is 1. The van der Waals surface area contributed by atoms with Crippen molar-refractivity contribution in [1.29, 1.82) is 0 Å². The molecule has 0 aliphatic carbocycles. The van der Waals surface area contributed by atoms with Gasteiger partial charge < -0.3 is 16.4 Å². The summed E-state index contributed by atoms with van der Waals surface area (Å²) in [6.45, 7) is 0.238. The van der Waals surface area contributed by atoms with Crippen LogP contribution < -0.4 is 16.4 Å². The lowest BCUT2D eigenvalue weighted by Crippen LogP contribution is -2.24. The van der Waals surface area contributed by atoms with Crippen LogP contribution in [-0.2, 0) is 11.3 Å². The second-order valence-electron chi connectivity index (χ2n) is 8.90. The number of carbonyl (C=O) groups excluding carboxylic acids is 2. The first-order valence-electron chi connectivity index (χ1n) is 12.3. The van der Waals surface area contributed by atoms with Crippen molar-refractivity contribution in [2.45, 2.75) is 6.54 Å². The standard InChI is InChI=1S/C32H25FN4O2/c33-25-15-13-22(14-16-25)27(19-24-17-18-35-29-7-3-1-5-26(24)29)32(39)36-20-21-9-11-23(12-10-21)31(38)37-30-8-4-2-6-28(30)34/h1-19H,20,34H2,(H,36,39)(H,37,38)/b27-19+. The number of nitrogens with zero attached hydrogens (tertiary/aromatic N) is 1. The van der Waals surface area contributed by atoms with Gasteiger partial charge in [0.05, 0.1) is 16.9 Å². The number of aromatic nitrogens is 1. The fourth-order valence-corrected chi connectivity index (χ4v) is 4.17. The summed E-state index contributed by atoms with van der Waals surface area (Å²) in [6, 6.07) is 29.3. The Hall–Kier alpha value is -5.30. The highest BCUT2D eigenvalue weighted by atomic mass is 19.1. The van der Waals surface area contributed by atoms with E-state index in [1.807, 2.05) is 30.3 Å². The van der Waals surface area contributed by atoms with Gasteiger partial charge in [-0.2, -0.15) is 0 Å². The number of nitrogen functional groups attached to an aromatic ring is 1. The quantitative estimate of drug-likeness (QED) is 0.181. The van der Waals surface area contributed by atoms with Gasteiger partial charge in [-0.3, -0.25) is 14.6 Å². The molecule has 5 aromatic rings. The summed E-state index contributed by atoms with van der Waals surface area (Å²) in [6.07, 6.45) is 3.48. The predicted octanol–water partition coefficient (Wildman–Crippen LogP) is 6.07. The minimum Gasteiger partial charge on any atom is -0.397 e. The zero-order chi connectivity index (χ0) is 27.2. The van der Waals surface area contributed by atoms with Gasteiger partial charge in [0.15, 0.2) is 0 Å². The molecule has 2 amide bonds. The molecular formula is C32H25FN4O2. The van der Waals surface area contributed by atoms with Gasteiger partial charge in [0.25, 0.3) is 11.8 Å². The SMILES string of the molecule is Nc1ccccc1NC(=O)c1ccc(CNC(=O)/C(=C/c2ccnc3ccccc23)c2ccc(F)cc2)cc1. The van der Waals surface area contributed by atoms with Crippen LogP contribution in [0.25, 0.3) is 22.6 Å². The zero-order valence-electron chi connectivity index (χ0n) is 20.9. The molecule has 0 bridgehead atoms. The molecule has 7 heteroatoms. The van der Waals surface area contributed by atoms with E-state index < -0.39 is 0 Å². The molecule has 0 atom stereocenters. The first-order chi connectivity index (χ1) is 19.0. The molecule has 0 fully saturated rings. The third-order valence-electron chi connectivity index (χ3n) is 6.26. The van der Waals surface area contributed by atoms with Crippen LogP contribution in [-0.4, -0.2) is 16.8 Å². The van der Waals surface area contributed by atoms with Gasteiger partial charge in [0.1, 0.15) is 5.82 Å². The average molecular weight is 517 g/mol. The average Bonchev–Trinajstić information content (AvgIpc) is 2.96. The molecule has 0 aliphatic rings. The minimum absolute atomic E-state index is 0.238. The number of amides is 2. The van der Waals surface area contributed by atoms with Crippen LogP contribution in [0.3, 0.4) is 0 Å². The normalized spacial score (nSPS) is 11.3. The van der Waals surface area contributed by atoms with Gasteiger partial charge in [0, 0.05) is 29.3 Å². The Labute approximate surface area is 225 Å². The fourth-order valence-electron chi connectivity index (χ4n) is 4.17. The highest BCUT2D eigenvalue weighted by Crippen LogP contribution is 2.24. The maximum Gasteiger partial charge on any atom is 0.255 e. The summed E-state index contributed by atoms with van der Waals surface area (Å²) in [5.74, 6) is -0.981. The topological polar surface area (TPSA) is 97.1 Å². The fraction of sp³-hybridized carbons (Fsp3) is 0.0312. The van der Waals surface area contributed by atoms with Gasteiger partial charge in [-0.1, -0.05) is 54.6 Å². The second kappa shape index (κ2) is 11.4. The number of pyridine rings is 1. The molecule has 4 N–H and O–H groups in total. The molecule has 1 heterocycles. The number of fused-ring (bicyclic) bond motifs is 1.